The standard InChI is InChI=1S/C22H27NO3/c1-15-11-16(2)17(3)21(12-15)26-14-19-13-18(7-8-20(19)25-4)22(24)23-9-5-6-10-23/h7-8,11-13H,5-6,9-10,14H2,1-4H3. The maximum Gasteiger partial charge on any atom is 0.253 e. The summed E-state index contributed by atoms with van der Waals surface area (Å²) in [4.78, 5) is 14.6. The summed E-state index contributed by atoms with van der Waals surface area (Å²) in [6, 6.07) is 9.80. The van der Waals surface area contributed by atoms with Crippen LogP contribution in [0.25, 0.3) is 0 Å². The fourth-order valence-electron chi connectivity index (χ4n) is 3.43. The molecule has 0 aromatic heterocycles. The van der Waals surface area contributed by atoms with Gasteiger partial charge in [0, 0.05) is 24.2 Å². The maximum absolute atomic E-state index is 12.7. The predicted octanol–water partition coefficient (Wildman–Crippen LogP) is 4.44. The van der Waals surface area contributed by atoms with Crippen molar-refractivity contribution in [1.82, 2.24) is 4.90 Å². The number of ether oxygens (including phenoxy) is 2. The number of hydrogen-bond donors (Lipinski definition) is 0. The van der Waals surface area contributed by atoms with Crippen LogP contribution in [0.4, 0.5) is 0 Å². The highest BCUT2D eigenvalue weighted by Crippen LogP contribution is 2.27. The van der Waals surface area contributed by atoms with Crippen molar-refractivity contribution in [2.75, 3.05) is 20.2 Å². The van der Waals surface area contributed by atoms with Gasteiger partial charge in [-0.2, -0.15) is 0 Å². The molecule has 4 heteroatoms. The molecule has 2 aromatic carbocycles. The molecular formula is C22H27NO3. The lowest BCUT2D eigenvalue weighted by molar-refractivity contribution is 0.0792. The first-order valence-electron chi connectivity index (χ1n) is 9.16. The van der Waals surface area contributed by atoms with Gasteiger partial charge >= 0.3 is 0 Å². The Morgan fingerprint density at radius 3 is 2.46 bits per heavy atom. The van der Waals surface area contributed by atoms with Crippen LogP contribution in [0.3, 0.4) is 0 Å². The first-order valence-corrected chi connectivity index (χ1v) is 9.16. The van der Waals surface area contributed by atoms with Crippen LogP contribution in [0.15, 0.2) is 30.3 Å². The molecule has 0 aliphatic carbocycles. The van der Waals surface area contributed by atoms with Gasteiger partial charge in [-0.25, -0.2) is 0 Å². The lowest BCUT2D eigenvalue weighted by Crippen LogP contribution is -2.27. The Bertz CT molecular complexity index is 807. The van der Waals surface area contributed by atoms with Gasteiger partial charge in [-0.15, -0.1) is 0 Å². The van der Waals surface area contributed by atoms with Crippen LogP contribution in [0, 0.1) is 20.8 Å². The Labute approximate surface area is 155 Å². The van der Waals surface area contributed by atoms with E-state index in [9.17, 15) is 4.79 Å². The summed E-state index contributed by atoms with van der Waals surface area (Å²) < 4.78 is 11.5. The van der Waals surface area contributed by atoms with E-state index in [1.165, 1.54) is 11.1 Å². The quantitative estimate of drug-likeness (QED) is 0.798. The van der Waals surface area contributed by atoms with Gasteiger partial charge in [0.1, 0.15) is 18.1 Å². The Hall–Kier alpha value is -2.49. The van der Waals surface area contributed by atoms with Crippen LogP contribution in [-0.4, -0.2) is 31.0 Å². The average Bonchev–Trinajstić information content (AvgIpc) is 3.17. The van der Waals surface area contributed by atoms with Gasteiger partial charge in [-0.3, -0.25) is 4.79 Å². The highest BCUT2D eigenvalue weighted by molar-refractivity contribution is 5.94. The molecule has 0 saturated carbocycles. The largest absolute Gasteiger partial charge is 0.496 e. The van der Waals surface area contributed by atoms with Gasteiger partial charge in [0.15, 0.2) is 0 Å². The third-order valence-corrected chi connectivity index (χ3v) is 5.07. The topological polar surface area (TPSA) is 38.8 Å². The molecule has 0 N–H and O–H groups in total. The second-order valence-corrected chi connectivity index (χ2v) is 7.02. The fraction of sp³-hybridized carbons (Fsp3) is 0.409. The molecule has 1 aliphatic heterocycles. The number of amides is 1. The molecular weight excluding hydrogens is 326 g/mol. The maximum atomic E-state index is 12.7. The second-order valence-electron chi connectivity index (χ2n) is 7.02. The van der Waals surface area contributed by atoms with Gasteiger partial charge in [0.2, 0.25) is 0 Å². The minimum absolute atomic E-state index is 0.0917. The molecule has 4 nitrogen and oxygen atoms in total. The van der Waals surface area contributed by atoms with Crippen molar-refractivity contribution < 1.29 is 14.3 Å². The van der Waals surface area contributed by atoms with Crippen molar-refractivity contribution in [1.29, 1.82) is 0 Å². The van der Waals surface area contributed by atoms with E-state index >= 15 is 0 Å². The highest BCUT2D eigenvalue weighted by Gasteiger charge is 2.20. The van der Waals surface area contributed by atoms with Crippen molar-refractivity contribution in [3.05, 3.63) is 58.1 Å². The van der Waals surface area contributed by atoms with Crippen molar-refractivity contribution >= 4 is 5.91 Å². The van der Waals surface area contributed by atoms with Gasteiger partial charge < -0.3 is 14.4 Å². The molecule has 1 fully saturated rings. The zero-order valence-corrected chi connectivity index (χ0v) is 16.1. The summed E-state index contributed by atoms with van der Waals surface area (Å²) in [5.74, 6) is 1.71. The lowest BCUT2D eigenvalue weighted by atomic mass is 10.1. The normalized spacial score (nSPS) is 13.8. The van der Waals surface area contributed by atoms with Gasteiger partial charge in [0.05, 0.1) is 7.11 Å². The summed E-state index contributed by atoms with van der Waals surface area (Å²) in [5.41, 5.74) is 5.11. The minimum Gasteiger partial charge on any atom is -0.496 e. The Kier molecular flexibility index (Phi) is 5.50. The molecule has 0 spiro atoms. The molecule has 0 radical (unpaired) electrons. The van der Waals surface area contributed by atoms with Crippen LogP contribution in [-0.2, 0) is 6.61 Å². The lowest BCUT2D eigenvalue weighted by Gasteiger charge is -2.18. The molecule has 138 valence electrons. The number of nitrogens with zero attached hydrogens (tertiary/aromatic N) is 1. The zero-order chi connectivity index (χ0) is 18.7. The van der Waals surface area contributed by atoms with E-state index in [-0.39, 0.29) is 5.91 Å². The van der Waals surface area contributed by atoms with Crippen molar-refractivity contribution in [3.63, 3.8) is 0 Å². The van der Waals surface area contributed by atoms with Crippen LogP contribution >= 0.6 is 0 Å². The number of hydrogen-bond acceptors (Lipinski definition) is 3. The molecule has 1 heterocycles. The van der Waals surface area contributed by atoms with Crippen molar-refractivity contribution in [2.24, 2.45) is 0 Å². The van der Waals surface area contributed by atoms with Crippen molar-refractivity contribution in [3.8, 4) is 11.5 Å². The number of carbonyl (C=O) groups excluding carboxylic acids is 1. The third kappa shape index (κ3) is 3.85. The average molecular weight is 353 g/mol. The van der Waals surface area contributed by atoms with Gasteiger partial charge in [-0.1, -0.05) is 6.07 Å². The van der Waals surface area contributed by atoms with E-state index in [4.69, 9.17) is 9.47 Å². The first-order chi connectivity index (χ1) is 12.5. The van der Waals surface area contributed by atoms with E-state index in [0.29, 0.717) is 12.2 Å². The van der Waals surface area contributed by atoms with E-state index in [2.05, 4.69) is 26.8 Å². The van der Waals surface area contributed by atoms with Crippen LogP contribution in [0.1, 0.15) is 45.5 Å². The van der Waals surface area contributed by atoms with E-state index in [0.717, 1.165) is 48.6 Å². The van der Waals surface area contributed by atoms with Crippen molar-refractivity contribution in [2.45, 2.75) is 40.2 Å². The molecule has 1 amide bonds. The minimum atomic E-state index is 0.0917. The number of benzene rings is 2. The summed E-state index contributed by atoms with van der Waals surface area (Å²) in [6.45, 7) is 8.28. The fourth-order valence-corrected chi connectivity index (χ4v) is 3.43. The van der Waals surface area contributed by atoms with Gasteiger partial charge in [0.25, 0.3) is 5.91 Å². The van der Waals surface area contributed by atoms with E-state index in [1.807, 2.05) is 29.2 Å². The molecule has 0 atom stereocenters. The SMILES string of the molecule is COc1ccc(C(=O)N2CCCC2)cc1COc1cc(C)cc(C)c1C. The van der Waals surface area contributed by atoms with Crippen LogP contribution in [0.2, 0.25) is 0 Å². The first kappa shape index (κ1) is 18.3. The molecule has 1 aliphatic rings. The number of methoxy groups -OCH3 is 1. The molecule has 3 rings (SSSR count). The molecule has 1 saturated heterocycles. The smallest absolute Gasteiger partial charge is 0.253 e. The Morgan fingerprint density at radius 2 is 1.77 bits per heavy atom. The number of aryl methyl sites for hydroxylation is 2. The molecule has 0 unspecified atom stereocenters. The number of rotatable bonds is 5. The number of carbonyl (C=O) groups is 1. The predicted molar refractivity (Wildman–Crippen MR) is 103 cm³/mol. The van der Waals surface area contributed by atoms with Crippen LogP contribution in [0.5, 0.6) is 11.5 Å². The number of likely N-dealkylation sites (tertiary alicyclic amines) is 1. The summed E-state index contributed by atoms with van der Waals surface area (Å²) in [7, 11) is 1.64. The van der Waals surface area contributed by atoms with E-state index in [1.54, 1.807) is 7.11 Å². The highest BCUT2D eigenvalue weighted by atomic mass is 16.5. The second kappa shape index (κ2) is 7.81. The molecule has 26 heavy (non-hydrogen) atoms. The third-order valence-electron chi connectivity index (χ3n) is 5.07. The summed E-state index contributed by atoms with van der Waals surface area (Å²) in [6.07, 6.45) is 2.17. The Morgan fingerprint density at radius 1 is 1.04 bits per heavy atom. The molecule has 0 bridgehead atoms. The van der Waals surface area contributed by atoms with E-state index < -0.39 is 0 Å². The Balaban J connectivity index is 1.82. The summed E-state index contributed by atoms with van der Waals surface area (Å²) >= 11 is 0. The molecule has 2 aromatic rings. The zero-order valence-electron chi connectivity index (χ0n) is 16.1. The monoisotopic (exact) mass is 353 g/mol. The van der Waals surface area contributed by atoms with Gasteiger partial charge in [-0.05, 0) is 74.6 Å². The summed E-state index contributed by atoms with van der Waals surface area (Å²) in [5, 5.41) is 0. The van der Waals surface area contributed by atoms with Crippen LogP contribution < -0.4 is 9.47 Å².